The summed E-state index contributed by atoms with van der Waals surface area (Å²) in [5, 5.41) is 6.35. The number of hydrogen-bond acceptors (Lipinski definition) is 1. The number of nitrogens with one attached hydrogen (secondary N) is 1. The molecular formula is C18H13NSe. The fraction of sp³-hybridized carbons (Fsp3) is 0. The fourth-order valence-corrected chi connectivity index (χ4v) is 4.98. The molecule has 0 fully saturated rings. The van der Waals surface area contributed by atoms with Crippen molar-refractivity contribution in [3.05, 3.63) is 72.8 Å². The third-order valence-electron chi connectivity index (χ3n) is 3.46. The van der Waals surface area contributed by atoms with E-state index in [0.717, 1.165) is 5.69 Å². The molecule has 0 radical (unpaired) electrons. The van der Waals surface area contributed by atoms with Gasteiger partial charge in [0.25, 0.3) is 0 Å². The Bertz CT molecular complexity index is 878. The van der Waals surface area contributed by atoms with Crippen molar-refractivity contribution in [1.29, 1.82) is 0 Å². The number of hydrogen-bond donors (Lipinski definition) is 1. The molecule has 0 saturated heterocycles. The van der Waals surface area contributed by atoms with Crippen LogP contribution in [0, 0.1) is 0 Å². The Hall–Kier alpha value is -2.02. The van der Waals surface area contributed by atoms with E-state index in [4.69, 9.17) is 0 Å². The summed E-state index contributed by atoms with van der Waals surface area (Å²) in [5.74, 6) is 0. The first-order valence-electron chi connectivity index (χ1n) is 6.64. The first-order valence-corrected chi connectivity index (χ1v) is 8.35. The molecule has 0 atom stereocenters. The summed E-state index contributed by atoms with van der Waals surface area (Å²) in [6, 6.07) is 25.7. The molecular weight excluding hydrogens is 309 g/mol. The van der Waals surface area contributed by atoms with Gasteiger partial charge in [-0.1, -0.05) is 0 Å². The molecule has 1 N–H and O–H groups in total. The normalized spacial score (nSPS) is 11.0. The van der Waals surface area contributed by atoms with E-state index in [1.807, 2.05) is 6.07 Å². The molecule has 4 rings (SSSR count). The summed E-state index contributed by atoms with van der Waals surface area (Å²) in [6.45, 7) is 0. The second-order valence-corrected chi connectivity index (χ2v) is 6.98. The van der Waals surface area contributed by atoms with Crippen molar-refractivity contribution in [1.82, 2.24) is 0 Å². The Labute approximate surface area is 123 Å². The van der Waals surface area contributed by atoms with Crippen LogP contribution in [-0.2, 0) is 0 Å². The molecule has 0 unspecified atom stereocenters. The van der Waals surface area contributed by atoms with Gasteiger partial charge in [0.2, 0.25) is 0 Å². The standard InChI is InChI=1S/C18H13NSe/c1-2-7-13(8-3-1)19-16-11-6-10-15-14-9-4-5-12-17(14)20-18(15)16/h1-12,19H. The second kappa shape index (κ2) is 4.82. The van der Waals surface area contributed by atoms with E-state index in [9.17, 15) is 0 Å². The van der Waals surface area contributed by atoms with Crippen LogP contribution in [0.25, 0.3) is 19.3 Å². The Morgan fingerprint density at radius 2 is 1.40 bits per heavy atom. The number of benzene rings is 3. The monoisotopic (exact) mass is 323 g/mol. The van der Waals surface area contributed by atoms with Crippen LogP contribution in [-0.4, -0.2) is 14.5 Å². The van der Waals surface area contributed by atoms with Gasteiger partial charge in [0, 0.05) is 0 Å². The van der Waals surface area contributed by atoms with Gasteiger partial charge in [-0.3, -0.25) is 0 Å². The average molecular weight is 322 g/mol. The van der Waals surface area contributed by atoms with Crippen molar-refractivity contribution in [2.45, 2.75) is 0 Å². The molecule has 0 amide bonds. The van der Waals surface area contributed by atoms with Crippen LogP contribution in [0.5, 0.6) is 0 Å². The van der Waals surface area contributed by atoms with Gasteiger partial charge in [0.05, 0.1) is 0 Å². The van der Waals surface area contributed by atoms with E-state index >= 15 is 0 Å². The van der Waals surface area contributed by atoms with Gasteiger partial charge in [-0.25, -0.2) is 0 Å². The Balaban J connectivity index is 1.91. The number of para-hydroxylation sites is 1. The molecule has 1 aromatic heterocycles. The molecule has 1 nitrogen and oxygen atoms in total. The summed E-state index contributed by atoms with van der Waals surface area (Å²) in [5.41, 5.74) is 2.39. The molecule has 3 aromatic carbocycles. The van der Waals surface area contributed by atoms with Crippen LogP contribution in [0.15, 0.2) is 72.8 Å². The Morgan fingerprint density at radius 3 is 2.30 bits per heavy atom. The van der Waals surface area contributed by atoms with Gasteiger partial charge in [-0.15, -0.1) is 0 Å². The summed E-state index contributed by atoms with van der Waals surface area (Å²) in [6.07, 6.45) is 0. The van der Waals surface area contributed by atoms with Gasteiger partial charge in [0.1, 0.15) is 0 Å². The zero-order valence-electron chi connectivity index (χ0n) is 10.8. The summed E-state index contributed by atoms with van der Waals surface area (Å²) in [7, 11) is 0. The van der Waals surface area contributed by atoms with Gasteiger partial charge in [0.15, 0.2) is 0 Å². The molecule has 20 heavy (non-hydrogen) atoms. The van der Waals surface area contributed by atoms with E-state index < -0.39 is 0 Å². The third kappa shape index (κ3) is 1.94. The average Bonchev–Trinajstić information content (AvgIpc) is 2.88. The number of fused-ring (bicyclic) bond motifs is 3. The van der Waals surface area contributed by atoms with Crippen molar-refractivity contribution < 1.29 is 0 Å². The van der Waals surface area contributed by atoms with Crippen molar-refractivity contribution >= 4 is 45.2 Å². The van der Waals surface area contributed by atoms with E-state index in [1.54, 1.807) is 0 Å². The molecule has 96 valence electrons. The number of anilines is 2. The first kappa shape index (κ1) is 11.8. The van der Waals surface area contributed by atoms with E-state index in [0.29, 0.717) is 14.5 Å². The molecule has 0 bridgehead atoms. The predicted molar refractivity (Wildman–Crippen MR) is 88.1 cm³/mol. The molecule has 1 heterocycles. The zero-order valence-corrected chi connectivity index (χ0v) is 12.5. The minimum absolute atomic E-state index is 0.393. The van der Waals surface area contributed by atoms with Crippen molar-refractivity contribution in [2.75, 3.05) is 5.32 Å². The summed E-state index contributed by atoms with van der Waals surface area (Å²) < 4.78 is 2.95. The fourth-order valence-electron chi connectivity index (χ4n) is 2.52. The summed E-state index contributed by atoms with van der Waals surface area (Å²) in [4.78, 5) is 0. The van der Waals surface area contributed by atoms with E-state index in [-0.39, 0.29) is 0 Å². The minimum atomic E-state index is 0.393. The third-order valence-corrected chi connectivity index (χ3v) is 6.02. The molecule has 4 aromatic rings. The van der Waals surface area contributed by atoms with Crippen LogP contribution in [0.1, 0.15) is 0 Å². The van der Waals surface area contributed by atoms with Gasteiger partial charge >= 0.3 is 123 Å². The Morgan fingerprint density at radius 1 is 0.650 bits per heavy atom. The molecule has 0 aliphatic carbocycles. The SMILES string of the molecule is c1ccc(Nc2cccc3c2[se]c2ccccc23)cc1. The van der Waals surface area contributed by atoms with Gasteiger partial charge in [-0.05, 0) is 0 Å². The van der Waals surface area contributed by atoms with Crippen molar-refractivity contribution in [3.8, 4) is 0 Å². The molecule has 2 heteroatoms. The number of rotatable bonds is 2. The van der Waals surface area contributed by atoms with E-state index in [1.165, 1.54) is 25.0 Å². The second-order valence-electron chi connectivity index (χ2n) is 4.77. The van der Waals surface area contributed by atoms with Crippen LogP contribution < -0.4 is 5.32 Å². The zero-order chi connectivity index (χ0) is 13.4. The van der Waals surface area contributed by atoms with Crippen LogP contribution in [0.3, 0.4) is 0 Å². The Kier molecular flexibility index (Phi) is 2.84. The predicted octanol–water partition coefficient (Wildman–Crippen LogP) is 4.79. The summed E-state index contributed by atoms with van der Waals surface area (Å²) >= 11 is 0.393. The van der Waals surface area contributed by atoms with Gasteiger partial charge < -0.3 is 0 Å². The topological polar surface area (TPSA) is 12.0 Å². The maximum atomic E-state index is 3.55. The molecule has 0 aliphatic heterocycles. The quantitative estimate of drug-likeness (QED) is 0.523. The van der Waals surface area contributed by atoms with Crippen molar-refractivity contribution in [2.24, 2.45) is 0 Å². The van der Waals surface area contributed by atoms with Crippen molar-refractivity contribution in [3.63, 3.8) is 0 Å². The first-order chi connectivity index (χ1) is 9.92. The van der Waals surface area contributed by atoms with Crippen LogP contribution in [0.2, 0.25) is 0 Å². The van der Waals surface area contributed by atoms with E-state index in [2.05, 4.69) is 72.0 Å². The maximum absolute atomic E-state index is 3.55. The van der Waals surface area contributed by atoms with Gasteiger partial charge in [-0.2, -0.15) is 0 Å². The van der Waals surface area contributed by atoms with Crippen LogP contribution >= 0.6 is 0 Å². The molecule has 0 spiro atoms. The van der Waals surface area contributed by atoms with Crippen LogP contribution in [0.4, 0.5) is 11.4 Å². The molecule has 0 saturated carbocycles. The molecule has 0 aliphatic rings.